The third kappa shape index (κ3) is 4.06. The monoisotopic (exact) mass is 542 g/mol. The van der Waals surface area contributed by atoms with Crippen LogP contribution in [0.25, 0.3) is 5.65 Å². The summed E-state index contributed by atoms with van der Waals surface area (Å²) in [7, 11) is -4.09. The molecular weight excluding hydrogens is 519 g/mol. The molecule has 0 saturated carbocycles. The first-order chi connectivity index (χ1) is 16.1. The van der Waals surface area contributed by atoms with E-state index in [-0.39, 0.29) is 22.5 Å². The lowest BCUT2D eigenvalue weighted by Crippen LogP contribution is -2.50. The highest BCUT2D eigenvalue weighted by Gasteiger charge is 2.47. The van der Waals surface area contributed by atoms with Crippen LogP contribution in [0.1, 0.15) is 19.8 Å². The Morgan fingerprint density at radius 2 is 2.00 bits per heavy atom. The maximum Gasteiger partial charge on any atom is 0.239 e. The zero-order valence-corrected chi connectivity index (χ0v) is 21.5. The molecule has 2 fully saturated rings. The number of aromatic nitrogens is 3. The van der Waals surface area contributed by atoms with Gasteiger partial charge in [-0.3, -0.25) is 4.40 Å². The summed E-state index contributed by atoms with van der Waals surface area (Å²) in [4.78, 5) is 2.99. The second-order valence-corrected chi connectivity index (χ2v) is 12.2. The summed E-state index contributed by atoms with van der Waals surface area (Å²) in [5, 5.41) is 14.6. The van der Waals surface area contributed by atoms with Crippen LogP contribution in [0, 0.1) is 5.41 Å². The summed E-state index contributed by atoms with van der Waals surface area (Å²) in [6, 6.07) is 6.72. The zero-order chi connectivity index (χ0) is 24.3. The predicted octanol–water partition coefficient (Wildman–Crippen LogP) is 3.17. The molecule has 2 aliphatic heterocycles. The number of sulfonamides is 1. The van der Waals surface area contributed by atoms with Crippen LogP contribution in [0.15, 0.2) is 45.3 Å². The molecule has 2 atom stereocenters. The second-order valence-electron chi connectivity index (χ2n) is 8.81. The Morgan fingerprint density at radius 3 is 2.65 bits per heavy atom. The average Bonchev–Trinajstić information content (AvgIpc) is 3.39. The van der Waals surface area contributed by atoms with Crippen molar-refractivity contribution in [2.75, 3.05) is 24.6 Å². The number of rotatable bonds is 4. The molecule has 2 unspecified atom stereocenters. The van der Waals surface area contributed by atoms with Gasteiger partial charge in [0.25, 0.3) is 0 Å². The van der Waals surface area contributed by atoms with Gasteiger partial charge >= 0.3 is 0 Å². The molecule has 5 rings (SSSR count). The highest BCUT2D eigenvalue weighted by atomic mass is 35.5. The molecule has 13 heteroatoms. The van der Waals surface area contributed by atoms with Crippen molar-refractivity contribution >= 4 is 56.5 Å². The van der Waals surface area contributed by atoms with E-state index in [9.17, 15) is 8.42 Å². The average molecular weight is 544 g/mol. The lowest BCUT2D eigenvalue weighted by atomic mass is 9.73. The SMILES string of the molecule is CC1OCC2(CCN(c3cc(S(N)(=O)=O)c(Sc4cccc(Cl)c4Cl)c4nncn34)CC2)C1N. The first-order valence-electron chi connectivity index (χ1n) is 10.7. The fraction of sp³-hybridized carbons (Fsp3) is 0.429. The Kier molecular flexibility index (Phi) is 6.25. The van der Waals surface area contributed by atoms with E-state index in [0.717, 1.165) is 24.6 Å². The minimum Gasteiger partial charge on any atom is -0.376 e. The summed E-state index contributed by atoms with van der Waals surface area (Å²) >= 11 is 13.7. The number of hydrogen-bond donors (Lipinski definition) is 2. The van der Waals surface area contributed by atoms with E-state index in [4.69, 9.17) is 38.8 Å². The maximum absolute atomic E-state index is 12.7. The van der Waals surface area contributed by atoms with Gasteiger partial charge in [0, 0.05) is 35.5 Å². The van der Waals surface area contributed by atoms with Crippen molar-refractivity contribution in [3.8, 4) is 0 Å². The van der Waals surface area contributed by atoms with E-state index in [2.05, 4.69) is 15.1 Å². The van der Waals surface area contributed by atoms with E-state index >= 15 is 0 Å². The Balaban J connectivity index is 1.56. The van der Waals surface area contributed by atoms with Crippen LogP contribution in [0.5, 0.6) is 0 Å². The van der Waals surface area contributed by atoms with Crippen molar-refractivity contribution < 1.29 is 13.2 Å². The van der Waals surface area contributed by atoms with Crippen LogP contribution < -0.4 is 15.8 Å². The lowest BCUT2D eigenvalue weighted by molar-refractivity contribution is 0.0974. The normalized spacial score (nSPS) is 22.7. The topological polar surface area (TPSA) is 129 Å². The molecule has 1 spiro atoms. The van der Waals surface area contributed by atoms with Crippen LogP contribution in [-0.4, -0.2) is 54.9 Å². The Bertz CT molecular complexity index is 1360. The quantitative estimate of drug-likeness (QED) is 0.514. The summed E-state index contributed by atoms with van der Waals surface area (Å²) in [6.45, 7) is 4.03. The summed E-state index contributed by atoms with van der Waals surface area (Å²) in [5.41, 5.74) is 6.76. The van der Waals surface area contributed by atoms with Crippen LogP contribution in [0.3, 0.4) is 0 Å². The molecule has 0 amide bonds. The summed E-state index contributed by atoms with van der Waals surface area (Å²) in [5.74, 6) is 0.654. The van der Waals surface area contributed by atoms with Gasteiger partial charge in [-0.2, -0.15) is 0 Å². The second kappa shape index (κ2) is 8.81. The molecule has 0 aliphatic carbocycles. The molecule has 3 aromatic rings. The Hall–Kier alpha value is -1.60. The number of nitrogens with zero attached hydrogens (tertiary/aromatic N) is 4. The Morgan fingerprint density at radius 1 is 1.26 bits per heavy atom. The number of pyridine rings is 1. The summed E-state index contributed by atoms with van der Waals surface area (Å²) < 4.78 is 33.0. The number of benzene rings is 1. The van der Waals surface area contributed by atoms with E-state index in [1.165, 1.54) is 0 Å². The number of fused-ring (bicyclic) bond motifs is 1. The highest BCUT2D eigenvalue weighted by Crippen LogP contribution is 2.44. The maximum atomic E-state index is 12.7. The van der Waals surface area contributed by atoms with E-state index in [1.807, 2.05) is 6.92 Å². The number of piperidine rings is 1. The standard InChI is InChI=1S/C21H24Cl2N6O3S2/c1-12-19(24)21(10-32-12)5-7-28(8-6-21)16-9-15(34(25,30)31)18(20-27-26-11-29(16)20)33-14-4-2-3-13(22)17(14)23/h2-4,9,11-12,19H,5-8,10,24H2,1H3,(H2,25,30,31). The van der Waals surface area contributed by atoms with Crippen LogP contribution in [0.2, 0.25) is 10.0 Å². The molecule has 4 heterocycles. The van der Waals surface area contributed by atoms with Crippen molar-refractivity contribution in [2.45, 2.75) is 46.6 Å². The van der Waals surface area contributed by atoms with Gasteiger partial charge in [-0.15, -0.1) is 10.2 Å². The van der Waals surface area contributed by atoms with Gasteiger partial charge < -0.3 is 15.4 Å². The van der Waals surface area contributed by atoms with E-state index in [0.29, 0.717) is 51.0 Å². The molecule has 0 bridgehead atoms. The number of primary sulfonamides is 1. The van der Waals surface area contributed by atoms with E-state index < -0.39 is 10.0 Å². The fourth-order valence-electron chi connectivity index (χ4n) is 4.80. The smallest absolute Gasteiger partial charge is 0.239 e. The van der Waals surface area contributed by atoms with Crippen molar-refractivity contribution in [1.82, 2.24) is 14.6 Å². The minimum atomic E-state index is -4.09. The van der Waals surface area contributed by atoms with Gasteiger partial charge in [0.1, 0.15) is 17.0 Å². The van der Waals surface area contributed by atoms with Crippen LogP contribution in [0.4, 0.5) is 5.82 Å². The van der Waals surface area contributed by atoms with Gasteiger partial charge in [-0.1, -0.05) is 41.0 Å². The Labute approximate surface area is 211 Å². The van der Waals surface area contributed by atoms with Crippen molar-refractivity contribution in [3.05, 3.63) is 40.6 Å². The van der Waals surface area contributed by atoms with Crippen LogP contribution in [-0.2, 0) is 14.8 Å². The lowest BCUT2D eigenvalue weighted by Gasteiger charge is -2.42. The van der Waals surface area contributed by atoms with Gasteiger partial charge in [-0.05, 0) is 31.9 Å². The minimum absolute atomic E-state index is 0.0224. The van der Waals surface area contributed by atoms with Crippen molar-refractivity contribution in [2.24, 2.45) is 16.3 Å². The number of anilines is 1. The molecule has 2 aromatic heterocycles. The number of ether oxygens (including phenoxy) is 1. The molecule has 4 N–H and O–H groups in total. The third-order valence-electron chi connectivity index (χ3n) is 6.85. The molecule has 182 valence electrons. The number of halogens is 2. The fourth-order valence-corrected chi connectivity index (χ4v) is 7.32. The first kappa shape index (κ1) is 24.1. The number of hydrogen-bond acceptors (Lipinski definition) is 8. The predicted molar refractivity (Wildman–Crippen MR) is 132 cm³/mol. The molecule has 2 saturated heterocycles. The van der Waals surface area contributed by atoms with Gasteiger partial charge in [0.15, 0.2) is 5.65 Å². The third-order valence-corrected chi connectivity index (χ3v) is 10.0. The van der Waals surface area contributed by atoms with Gasteiger partial charge in [-0.25, -0.2) is 13.6 Å². The summed E-state index contributed by atoms with van der Waals surface area (Å²) in [6.07, 6.45) is 3.26. The van der Waals surface area contributed by atoms with Gasteiger partial charge in [0.2, 0.25) is 10.0 Å². The van der Waals surface area contributed by atoms with Crippen molar-refractivity contribution in [3.63, 3.8) is 0 Å². The molecule has 34 heavy (non-hydrogen) atoms. The van der Waals surface area contributed by atoms with Crippen LogP contribution >= 0.6 is 35.0 Å². The number of nitrogens with two attached hydrogens (primary N) is 2. The van der Waals surface area contributed by atoms with Gasteiger partial charge in [0.05, 0.1) is 27.7 Å². The molecule has 0 radical (unpaired) electrons. The zero-order valence-electron chi connectivity index (χ0n) is 18.3. The molecular formula is C21H24Cl2N6O3S2. The molecule has 2 aliphatic rings. The van der Waals surface area contributed by atoms with E-state index in [1.54, 1.807) is 35.0 Å². The molecule has 1 aromatic carbocycles. The first-order valence-corrected chi connectivity index (χ1v) is 13.9. The molecule has 9 nitrogen and oxygen atoms in total. The van der Waals surface area contributed by atoms with Crippen molar-refractivity contribution in [1.29, 1.82) is 0 Å². The highest BCUT2D eigenvalue weighted by molar-refractivity contribution is 8.00. The largest absolute Gasteiger partial charge is 0.376 e.